The number of hydrogen-bond donors (Lipinski definition) is 1. The van der Waals surface area contributed by atoms with Crippen molar-refractivity contribution in [1.82, 2.24) is 0 Å². The van der Waals surface area contributed by atoms with Crippen molar-refractivity contribution in [2.24, 2.45) is 5.73 Å². The molecule has 0 atom stereocenters. The Bertz CT molecular complexity index is 840. The molecule has 2 aromatic rings. The maximum Gasteiger partial charge on any atom is 0.259 e. The van der Waals surface area contributed by atoms with Gasteiger partial charge in [-0.2, -0.15) is 5.26 Å². The summed E-state index contributed by atoms with van der Waals surface area (Å²) < 4.78 is 5.76. The number of benzene rings is 2. The molecular formula is C21H22N2O2. The summed E-state index contributed by atoms with van der Waals surface area (Å²) in [5.41, 5.74) is 10.6. The highest BCUT2D eigenvalue weighted by Gasteiger charge is 2.09. The van der Waals surface area contributed by atoms with Crippen molar-refractivity contribution in [2.45, 2.75) is 27.2 Å². The Balaban J connectivity index is 2.39. The van der Waals surface area contributed by atoms with Crippen LogP contribution in [0.4, 0.5) is 0 Å². The predicted molar refractivity (Wildman–Crippen MR) is 99.1 cm³/mol. The molecule has 0 radical (unpaired) electrons. The van der Waals surface area contributed by atoms with E-state index >= 15 is 0 Å². The van der Waals surface area contributed by atoms with E-state index in [0.29, 0.717) is 12.2 Å². The van der Waals surface area contributed by atoms with Crippen molar-refractivity contribution >= 4 is 12.0 Å². The number of carbonyl (C=O) groups excluding carboxylic acids is 1. The van der Waals surface area contributed by atoms with Crippen LogP contribution in [0.1, 0.15) is 34.7 Å². The Morgan fingerprint density at radius 3 is 2.44 bits per heavy atom. The molecule has 128 valence electrons. The average molecular weight is 334 g/mol. The van der Waals surface area contributed by atoms with Crippen LogP contribution in [-0.2, 0) is 11.2 Å². The van der Waals surface area contributed by atoms with Gasteiger partial charge in [0.2, 0.25) is 0 Å². The summed E-state index contributed by atoms with van der Waals surface area (Å²) >= 11 is 0. The molecule has 0 spiro atoms. The van der Waals surface area contributed by atoms with Crippen molar-refractivity contribution in [1.29, 1.82) is 5.26 Å². The van der Waals surface area contributed by atoms with Crippen molar-refractivity contribution in [3.8, 4) is 11.8 Å². The number of rotatable bonds is 6. The molecule has 0 saturated heterocycles. The molecule has 2 rings (SSSR count). The standard InChI is InChI=1S/C21H22N2O2/c1-4-25-20-12-16(10-19(13-22)21(23)24)5-6-18(20)11-17-8-14(2)7-15(3)9-17/h5-10,12H,4,11H2,1-3H3,(H2,23,24)/b19-10+. The number of nitriles is 1. The fourth-order valence-electron chi connectivity index (χ4n) is 2.81. The van der Waals surface area contributed by atoms with E-state index in [1.54, 1.807) is 0 Å². The van der Waals surface area contributed by atoms with Crippen LogP contribution < -0.4 is 10.5 Å². The summed E-state index contributed by atoms with van der Waals surface area (Å²) in [5.74, 6) is 0.0111. The van der Waals surface area contributed by atoms with Crippen LogP contribution in [0, 0.1) is 25.2 Å². The van der Waals surface area contributed by atoms with Gasteiger partial charge in [-0.1, -0.05) is 41.5 Å². The summed E-state index contributed by atoms with van der Waals surface area (Å²) in [7, 11) is 0. The van der Waals surface area contributed by atoms with Crippen LogP contribution in [0.5, 0.6) is 5.75 Å². The molecule has 0 aliphatic carbocycles. The van der Waals surface area contributed by atoms with Gasteiger partial charge < -0.3 is 10.5 Å². The first-order valence-corrected chi connectivity index (χ1v) is 8.17. The molecule has 4 heteroatoms. The minimum absolute atomic E-state index is 0.0792. The van der Waals surface area contributed by atoms with E-state index in [-0.39, 0.29) is 5.57 Å². The number of nitrogens with two attached hydrogens (primary N) is 1. The van der Waals surface area contributed by atoms with Crippen LogP contribution in [0.15, 0.2) is 42.0 Å². The molecule has 25 heavy (non-hydrogen) atoms. The molecule has 0 fully saturated rings. The molecule has 0 aliphatic rings. The molecule has 0 aliphatic heterocycles. The van der Waals surface area contributed by atoms with Gasteiger partial charge in [-0.25, -0.2) is 0 Å². The molecule has 0 aromatic heterocycles. The second-order valence-corrected chi connectivity index (χ2v) is 6.01. The Kier molecular flexibility index (Phi) is 5.97. The van der Waals surface area contributed by atoms with E-state index in [1.807, 2.05) is 31.2 Å². The van der Waals surface area contributed by atoms with Gasteiger partial charge >= 0.3 is 0 Å². The molecule has 2 aromatic carbocycles. The SMILES string of the molecule is CCOc1cc(/C=C(\C#N)C(N)=O)ccc1Cc1cc(C)cc(C)c1. The highest BCUT2D eigenvalue weighted by molar-refractivity contribution is 6.00. The highest BCUT2D eigenvalue weighted by Crippen LogP contribution is 2.25. The van der Waals surface area contributed by atoms with E-state index in [2.05, 4.69) is 32.0 Å². The number of primary amides is 1. The quantitative estimate of drug-likeness (QED) is 0.646. The molecule has 4 nitrogen and oxygen atoms in total. The van der Waals surface area contributed by atoms with E-state index in [1.165, 1.54) is 22.8 Å². The van der Waals surface area contributed by atoms with Crippen molar-refractivity contribution in [3.05, 3.63) is 69.8 Å². The molecule has 0 heterocycles. The van der Waals surface area contributed by atoms with E-state index < -0.39 is 5.91 Å². The van der Waals surface area contributed by atoms with Crippen LogP contribution in [0.2, 0.25) is 0 Å². The van der Waals surface area contributed by atoms with Gasteiger partial charge in [0.15, 0.2) is 0 Å². The van der Waals surface area contributed by atoms with Crippen LogP contribution in [-0.4, -0.2) is 12.5 Å². The van der Waals surface area contributed by atoms with Gasteiger partial charge in [0.1, 0.15) is 17.4 Å². The van der Waals surface area contributed by atoms with Crippen molar-refractivity contribution in [2.75, 3.05) is 6.61 Å². The van der Waals surface area contributed by atoms with E-state index in [9.17, 15) is 4.79 Å². The van der Waals surface area contributed by atoms with Crippen LogP contribution >= 0.6 is 0 Å². The number of carbonyl (C=O) groups is 1. The van der Waals surface area contributed by atoms with Gasteiger partial charge in [-0.05, 0) is 49.6 Å². The third-order valence-electron chi connectivity index (χ3n) is 3.76. The topological polar surface area (TPSA) is 76.1 Å². The number of nitrogens with zero attached hydrogens (tertiary/aromatic N) is 1. The first kappa shape index (κ1) is 18.3. The monoisotopic (exact) mass is 334 g/mol. The lowest BCUT2D eigenvalue weighted by atomic mass is 9.98. The van der Waals surface area contributed by atoms with Gasteiger partial charge in [0, 0.05) is 6.42 Å². The first-order chi connectivity index (χ1) is 11.9. The Morgan fingerprint density at radius 2 is 1.88 bits per heavy atom. The van der Waals surface area contributed by atoms with Gasteiger partial charge in [0.05, 0.1) is 6.61 Å². The molecule has 1 amide bonds. The predicted octanol–water partition coefficient (Wildman–Crippen LogP) is 3.69. The lowest BCUT2D eigenvalue weighted by Gasteiger charge is -2.12. The summed E-state index contributed by atoms with van der Waals surface area (Å²) in [6.45, 7) is 6.63. The fourth-order valence-corrected chi connectivity index (χ4v) is 2.81. The third kappa shape index (κ3) is 4.95. The van der Waals surface area contributed by atoms with Gasteiger partial charge in [0.25, 0.3) is 5.91 Å². The molecule has 0 unspecified atom stereocenters. The van der Waals surface area contributed by atoms with E-state index in [4.69, 9.17) is 15.7 Å². The van der Waals surface area contributed by atoms with Crippen molar-refractivity contribution < 1.29 is 9.53 Å². The summed E-state index contributed by atoms with van der Waals surface area (Å²) in [4.78, 5) is 11.2. The second kappa shape index (κ2) is 8.16. The zero-order valence-corrected chi connectivity index (χ0v) is 14.8. The van der Waals surface area contributed by atoms with Gasteiger partial charge in [-0.3, -0.25) is 4.79 Å². The Hall–Kier alpha value is -3.06. The summed E-state index contributed by atoms with van der Waals surface area (Å²) in [5, 5.41) is 8.98. The molecular weight excluding hydrogens is 312 g/mol. The Morgan fingerprint density at radius 1 is 1.20 bits per heavy atom. The zero-order chi connectivity index (χ0) is 18.4. The minimum atomic E-state index is -0.736. The maximum absolute atomic E-state index is 11.2. The van der Waals surface area contributed by atoms with Crippen LogP contribution in [0.25, 0.3) is 6.08 Å². The lowest BCUT2D eigenvalue weighted by Crippen LogP contribution is -2.12. The van der Waals surface area contributed by atoms with Gasteiger partial charge in [-0.15, -0.1) is 0 Å². The van der Waals surface area contributed by atoms with Crippen molar-refractivity contribution in [3.63, 3.8) is 0 Å². The third-order valence-corrected chi connectivity index (χ3v) is 3.76. The minimum Gasteiger partial charge on any atom is -0.494 e. The maximum atomic E-state index is 11.2. The highest BCUT2D eigenvalue weighted by atomic mass is 16.5. The largest absolute Gasteiger partial charge is 0.494 e. The molecule has 0 bridgehead atoms. The second-order valence-electron chi connectivity index (χ2n) is 6.01. The number of hydrogen-bond acceptors (Lipinski definition) is 3. The zero-order valence-electron chi connectivity index (χ0n) is 14.8. The Labute approximate surface area is 148 Å². The first-order valence-electron chi connectivity index (χ1n) is 8.17. The van der Waals surface area contributed by atoms with E-state index in [0.717, 1.165) is 17.7 Å². The molecule has 0 saturated carbocycles. The summed E-state index contributed by atoms with van der Waals surface area (Å²) in [6, 6.07) is 13.9. The average Bonchev–Trinajstić information content (AvgIpc) is 2.53. The fraction of sp³-hybridized carbons (Fsp3) is 0.238. The number of amides is 1. The van der Waals surface area contributed by atoms with Crippen LogP contribution in [0.3, 0.4) is 0 Å². The summed E-state index contributed by atoms with van der Waals surface area (Å²) in [6.07, 6.45) is 2.23. The smallest absolute Gasteiger partial charge is 0.259 e. The number of aryl methyl sites for hydroxylation is 2. The molecule has 2 N–H and O–H groups in total. The normalized spacial score (nSPS) is 11.0. The number of ether oxygens (including phenoxy) is 1. The lowest BCUT2D eigenvalue weighted by molar-refractivity contribution is -0.114.